The van der Waals surface area contributed by atoms with Gasteiger partial charge in [0, 0.05) is 19.8 Å². The molecule has 0 aliphatic heterocycles. The molecular formula is C9H17N5. The Kier molecular flexibility index (Phi) is 4.12. The summed E-state index contributed by atoms with van der Waals surface area (Å²) in [4.78, 5) is 10.0. The molecule has 0 aliphatic rings. The van der Waals surface area contributed by atoms with Crippen LogP contribution in [0.25, 0.3) is 0 Å². The molecule has 0 bridgehead atoms. The van der Waals surface area contributed by atoms with Crippen molar-refractivity contribution in [2.45, 2.75) is 12.8 Å². The van der Waals surface area contributed by atoms with Crippen LogP contribution in [0.5, 0.6) is 0 Å². The highest BCUT2D eigenvalue weighted by Gasteiger charge is 2.01. The molecule has 5 nitrogen and oxygen atoms in total. The maximum atomic E-state index is 5.48. The van der Waals surface area contributed by atoms with Gasteiger partial charge in [-0.05, 0) is 25.5 Å². The molecule has 0 saturated carbocycles. The van der Waals surface area contributed by atoms with Gasteiger partial charge in [0.05, 0.1) is 0 Å². The standard InChI is InChI=1S/C9H17N5/c1-14(7-3-2-5-10)8-4-6-12-9(11)13-8/h4,6H,2-3,5,7,10H2,1H3,(H2,11,12,13). The van der Waals surface area contributed by atoms with E-state index in [0.717, 1.165) is 31.7 Å². The van der Waals surface area contributed by atoms with E-state index in [0.29, 0.717) is 5.95 Å². The van der Waals surface area contributed by atoms with E-state index in [9.17, 15) is 0 Å². The lowest BCUT2D eigenvalue weighted by Crippen LogP contribution is -2.20. The third kappa shape index (κ3) is 3.18. The topological polar surface area (TPSA) is 81.1 Å². The first-order chi connectivity index (χ1) is 6.74. The third-order valence-electron chi connectivity index (χ3n) is 2.00. The summed E-state index contributed by atoms with van der Waals surface area (Å²) in [5.74, 6) is 1.17. The van der Waals surface area contributed by atoms with Crippen LogP contribution in [0.15, 0.2) is 12.3 Å². The molecule has 0 spiro atoms. The second kappa shape index (κ2) is 5.39. The summed E-state index contributed by atoms with van der Waals surface area (Å²) in [6.45, 7) is 1.67. The molecule has 4 N–H and O–H groups in total. The monoisotopic (exact) mass is 195 g/mol. The van der Waals surface area contributed by atoms with Crippen molar-refractivity contribution in [3.05, 3.63) is 12.3 Å². The summed E-state index contributed by atoms with van der Waals surface area (Å²) in [6.07, 6.45) is 3.76. The molecule has 1 rings (SSSR count). The number of hydrogen-bond donors (Lipinski definition) is 2. The van der Waals surface area contributed by atoms with Gasteiger partial charge in [-0.2, -0.15) is 4.98 Å². The first kappa shape index (κ1) is 10.7. The van der Waals surface area contributed by atoms with Crippen LogP contribution in [0.3, 0.4) is 0 Å². The van der Waals surface area contributed by atoms with E-state index in [2.05, 4.69) is 9.97 Å². The van der Waals surface area contributed by atoms with E-state index in [-0.39, 0.29) is 0 Å². The van der Waals surface area contributed by atoms with E-state index >= 15 is 0 Å². The van der Waals surface area contributed by atoms with Crippen LogP contribution in [0, 0.1) is 0 Å². The Morgan fingerprint density at radius 2 is 2.21 bits per heavy atom. The summed E-state index contributed by atoms with van der Waals surface area (Å²) in [5, 5.41) is 0. The number of unbranched alkanes of at least 4 members (excludes halogenated alkanes) is 1. The van der Waals surface area contributed by atoms with Crippen LogP contribution in [-0.4, -0.2) is 30.1 Å². The highest BCUT2D eigenvalue weighted by molar-refractivity contribution is 5.39. The van der Waals surface area contributed by atoms with Crippen molar-refractivity contribution < 1.29 is 0 Å². The maximum Gasteiger partial charge on any atom is 0.221 e. The van der Waals surface area contributed by atoms with Gasteiger partial charge < -0.3 is 16.4 Å². The first-order valence-corrected chi connectivity index (χ1v) is 4.73. The van der Waals surface area contributed by atoms with Crippen LogP contribution in [0.1, 0.15) is 12.8 Å². The Morgan fingerprint density at radius 3 is 2.86 bits per heavy atom. The fourth-order valence-corrected chi connectivity index (χ4v) is 1.18. The number of aromatic nitrogens is 2. The third-order valence-corrected chi connectivity index (χ3v) is 2.00. The molecule has 0 saturated heterocycles. The van der Waals surface area contributed by atoms with E-state index in [1.807, 2.05) is 18.0 Å². The largest absolute Gasteiger partial charge is 0.368 e. The summed E-state index contributed by atoms with van der Waals surface area (Å²) in [5.41, 5.74) is 10.9. The van der Waals surface area contributed by atoms with Gasteiger partial charge in [-0.25, -0.2) is 4.98 Å². The summed E-state index contributed by atoms with van der Waals surface area (Å²) < 4.78 is 0. The van der Waals surface area contributed by atoms with Gasteiger partial charge in [0.15, 0.2) is 0 Å². The molecule has 0 fully saturated rings. The van der Waals surface area contributed by atoms with Gasteiger partial charge in [-0.3, -0.25) is 0 Å². The fourth-order valence-electron chi connectivity index (χ4n) is 1.18. The molecular weight excluding hydrogens is 178 g/mol. The average molecular weight is 195 g/mol. The SMILES string of the molecule is CN(CCCCN)c1ccnc(N)n1. The number of hydrogen-bond acceptors (Lipinski definition) is 5. The van der Waals surface area contributed by atoms with Crippen molar-refractivity contribution in [1.82, 2.24) is 9.97 Å². The molecule has 0 aromatic carbocycles. The van der Waals surface area contributed by atoms with Crippen molar-refractivity contribution in [3.63, 3.8) is 0 Å². The number of rotatable bonds is 5. The minimum absolute atomic E-state index is 0.313. The summed E-state index contributed by atoms with van der Waals surface area (Å²) >= 11 is 0. The molecule has 0 aliphatic carbocycles. The minimum atomic E-state index is 0.313. The highest BCUT2D eigenvalue weighted by Crippen LogP contribution is 2.08. The van der Waals surface area contributed by atoms with Crippen molar-refractivity contribution in [1.29, 1.82) is 0 Å². The van der Waals surface area contributed by atoms with Gasteiger partial charge in [-0.15, -0.1) is 0 Å². The number of nitrogen functional groups attached to an aromatic ring is 1. The molecule has 5 heteroatoms. The van der Waals surface area contributed by atoms with E-state index in [1.54, 1.807) is 6.20 Å². The van der Waals surface area contributed by atoms with Crippen LogP contribution in [0.2, 0.25) is 0 Å². The Hall–Kier alpha value is -1.36. The van der Waals surface area contributed by atoms with Crippen LogP contribution >= 0.6 is 0 Å². The predicted molar refractivity (Wildman–Crippen MR) is 58.0 cm³/mol. The zero-order chi connectivity index (χ0) is 10.4. The van der Waals surface area contributed by atoms with Gasteiger partial charge in [0.2, 0.25) is 5.95 Å². The molecule has 0 unspecified atom stereocenters. The second-order valence-electron chi connectivity index (χ2n) is 3.19. The normalized spacial score (nSPS) is 10.1. The van der Waals surface area contributed by atoms with Crippen molar-refractivity contribution >= 4 is 11.8 Å². The lowest BCUT2D eigenvalue weighted by atomic mass is 10.3. The van der Waals surface area contributed by atoms with Crippen molar-refractivity contribution in [2.75, 3.05) is 30.8 Å². The smallest absolute Gasteiger partial charge is 0.221 e. The first-order valence-electron chi connectivity index (χ1n) is 4.73. The van der Waals surface area contributed by atoms with Gasteiger partial charge in [0.25, 0.3) is 0 Å². The highest BCUT2D eigenvalue weighted by atomic mass is 15.2. The van der Waals surface area contributed by atoms with Crippen LogP contribution in [0.4, 0.5) is 11.8 Å². The minimum Gasteiger partial charge on any atom is -0.368 e. The summed E-state index contributed by atoms with van der Waals surface area (Å²) in [6, 6.07) is 1.85. The Labute approximate surface area is 84.1 Å². The molecule has 0 amide bonds. The second-order valence-corrected chi connectivity index (χ2v) is 3.19. The quantitative estimate of drug-likeness (QED) is 0.657. The Balaban J connectivity index is 2.47. The zero-order valence-corrected chi connectivity index (χ0v) is 8.48. The number of anilines is 2. The average Bonchev–Trinajstić information content (AvgIpc) is 2.18. The Morgan fingerprint density at radius 1 is 1.43 bits per heavy atom. The van der Waals surface area contributed by atoms with Crippen LogP contribution < -0.4 is 16.4 Å². The van der Waals surface area contributed by atoms with Gasteiger partial charge >= 0.3 is 0 Å². The summed E-state index contributed by atoms with van der Waals surface area (Å²) in [7, 11) is 1.98. The van der Waals surface area contributed by atoms with E-state index < -0.39 is 0 Å². The molecule has 14 heavy (non-hydrogen) atoms. The lowest BCUT2D eigenvalue weighted by molar-refractivity contribution is 0.723. The molecule has 0 atom stereocenters. The lowest BCUT2D eigenvalue weighted by Gasteiger charge is -2.17. The fraction of sp³-hybridized carbons (Fsp3) is 0.556. The van der Waals surface area contributed by atoms with Gasteiger partial charge in [-0.1, -0.05) is 0 Å². The molecule has 1 heterocycles. The van der Waals surface area contributed by atoms with E-state index in [4.69, 9.17) is 11.5 Å². The number of nitrogens with two attached hydrogens (primary N) is 2. The zero-order valence-electron chi connectivity index (χ0n) is 8.48. The molecule has 0 radical (unpaired) electrons. The molecule has 1 aromatic rings. The molecule has 1 aromatic heterocycles. The Bertz CT molecular complexity index is 276. The van der Waals surface area contributed by atoms with Crippen molar-refractivity contribution in [3.8, 4) is 0 Å². The van der Waals surface area contributed by atoms with Crippen molar-refractivity contribution in [2.24, 2.45) is 5.73 Å². The number of nitrogens with zero attached hydrogens (tertiary/aromatic N) is 3. The van der Waals surface area contributed by atoms with Crippen LogP contribution in [-0.2, 0) is 0 Å². The van der Waals surface area contributed by atoms with E-state index in [1.165, 1.54) is 0 Å². The predicted octanol–water partition coefficient (Wildman–Crippen LogP) is 0.234. The molecule has 78 valence electrons. The van der Waals surface area contributed by atoms with Gasteiger partial charge in [0.1, 0.15) is 5.82 Å². The maximum absolute atomic E-state index is 5.48.